The van der Waals surface area contributed by atoms with Gasteiger partial charge in [-0.15, -0.1) is 0 Å². The number of nitrogens with zero attached hydrogens (tertiary/aromatic N) is 2. The number of hydrogen-bond donors (Lipinski definition) is 2. The second-order valence-electron chi connectivity index (χ2n) is 6.12. The van der Waals surface area contributed by atoms with Crippen molar-refractivity contribution in [1.82, 2.24) is 9.88 Å². The van der Waals surface area contributed by atoms with Gasteiger partial charge in [0.2, 0.25) is 5.91 Å². The Bertz CT molecular complexity index is 766. The van der Waals surface area contributed by atoms with Gasteiger partial charge in [-0.25, -0.2) is 9.78 Å². The molecular formula is C19H22F3N3O3. The molecule has 0 saturated carbocycles. The van der Waals surface area contributed by atoms with Crippen LogP contribution in [0, 0.1) is 0 Å². The minimum atomic E-state index is -5.08. The molecule has 1 aromatic carbocycles. The van der Waals surface area contributed by atoms with E-state index in [0.29, 0.717) is 12.2 Å². The molecule has 0 aliphatic carbocycles. The van der Waals surface area contributed by atoms with Gasteiger partial charge in [0, 0.05) is 19.2 Å². The van der Waals surface area contributed by atoms with Gasteiger partial charge in [-0.1, -0.05) is 30.3 Å². The Morgan fingerprint density at radius 2 is 1.71 bits per heavy atom. The lowest BCUT2D eigenvalue weighted by molar-refractivity contribution is -0.192. The zero-order chi connectivity index (χ0) is 21.2. The number of carbonyl (C=O) groups excluding carboxylic acids is 1. The molecule has 152 valence electrons. The summed E-state index contributed by atoms with van der Waals surface area (Å²) in [7, 11) is 4.02. The lowest BCUT2D eigenvalue weighted by Gasteiger charge is -2.11. The molecule has 0 atom stereocenters. The summed E-state index contributed by atoms with van der Waals surface area (Å²) < 4.78 is 31.7. The third-order valence-corrected chi connectivity index (χ3v) is 3.32. The quantitative estimate of drug-likeness (QED) is 0.781. The number of amides is 1. The number of rotatable bonds is 6. The van der Waals surface area contributed by atoms with Crippen LogP contribution in [0.25, 0.3) is 0 Å². The van der Waals surface area contributed by atoms with Crippen LogP contribution in [0.15, 0.2) is 48.7 Å². The number of carboxylic acids is 1. The van der Waals surface area contributed by atoms with E-state index in [2.05, 4.69) is 15.2 Å². The predicted octanol–water partition coefficient (Wildman–Crippen LogP) is 3.35. The van der Waals surface area contributed by atoms with Gasteiger partial charge in [-0.2, -0.15) is 13.2 Å². The molecule has 0 bridgehead atoms. The van der Waals surface area contributed by atoms with Crippen molar-refractivity contribution in [3.8, 4) is 0 Å². The summed E-state index contributed by atoms with van der Waals surface area (Å²) in [6.45, 7) is 0.829. The van der Waals surface area contributed by atoms with Crippen molar-refractivity contribution >= 4 is 17.7 Å². The fourth-order valence-corrected chi connectivity index (χ4v) is 2.11. The van der Waals surface area contributed by atoms with Crippen LogP contribution in [-0.2, 0) is 22.6 Å². The van der Waals surface area contributed by atoms with E-state index in [1.807, 2.05) is 56.6 Å². The minimum absolute atomic E-state index is 0.00615. The summed E-state index contributed by atoms with van der Waals surface area (Å²) in [4.78, 5) is 27.1. The number of carbonyl (C=O) groups is 2. The highest BCUT2D eigenvalue weighted by Crippen LogP contribution is 2.13. The number of nitrogens with one attached hydrogen (secondary N) is 1. The van der Waals surface area contributed by atoms with Gasteiger partial charge in [0.1, 0.15) is 5.82 Å². The van der Waals surface area contributed by atoms with Gasteiger partial charge < -0.3 is 15.3 Å². The van der Waals surface area contributed by atoms with E-state index in [-0.39, 0.29) is 5.91 Å². The van der Waals surface area contributed by atoms with Crippen LogP contribution >= 0.6 is 0 Å². The Labute approximate surface area is 161 Å². The fraction of sp³-hybridized carbons (Fsp3) is 0.316. The molecule has 28 heavy (non-hydrogen) atoms. The Balaban J connectivity index is 0.000000480. The molecule has 0 spiro atoms. The molecule has 0 fully saturated rings. The van der Waals surface area contributed by atoms with Crippen LogP contribution in [0.1, 0.15) is 17.5 Å². The molecule has 0 unspecified atom stereocenters. The van der Waals surface area contributed by atoms with Crippen molar-refractivity contribution in [2.75, 3.05) is 19.4 Å². The molecule has 2 aromatic rings. The number of anilines is 1. The molecule has 2 N–H and O–H groups in total. The molecule has 0 saturated heterocycles. The number of aryl methyl sites for hydroxylation is 1. The lowest BCUT2D eigenvalue weighted by Crippen LogP contribution is -2.21. The van der Waals surface area contributed by atoms with Crippen LogP contribution in [-0.4, -0.2) is 47.1 Å². The van der Waals surface area contributed by atoms with Crippen molar-refractivity contribution in [3.05, 3.63) is 59.8 Å². The topological polar surface area (TPSA) is 82.5 Å². The number of hydrogen-bond acceptors (Lipinski definition) is 4. The van der Waals surface area contributed by atoms with Gasteiger partial charge in [0.05, 0.1) is 0 Å². The highest BCUT2D eigenvalue weighted by atomic mass is 19.4. The Kier molecular flexibility index (Phi) is 9.10. The highest BCUT2D eigenvalue weighted by molar-refractivity contribution is 5.89. The summed E-state index contributed by atoms with van der Waals surface area (Å²) in [5.74, 6) is -2.15. The van der Waals surface area contributed by atoms with Crippen LogP contribution in [0.2, 0.25) is 0 Å². The average molecular weight is 397 g/mol. The first kappa shape index (κ1) is 23.1. The van der Waals surface area contributed by atoms with E-state index in [1.54, 1.807) is 6.20 Å². The number of halogens is 3. The number of aromatic nitrogens is 1. The smallest absolute Gasteiger partial charge is 0.475 e. The Hall–Kier alpha value is -2.94. The van der Waals surface area contributed by atoms with Crippen LogP contribution < -0.4 is 5.32 Å². The largest absolute Gasteiger partial charge is 0.490 e. The van der Waals surface area contributed by atoms with Gasteiger partial charge in [-0.3, -0.25) is 4.79 Å². The molecule has 0 radical (unpaired) electrons. The number of pyridine rings is 1. The van der Waals surface area contributed by atoms with Crippen molar-refractivity contribution in [2.45, 2.75) is 25.6 Å². The molecule has 1 heterocycles. The molecule has 9 heteroatoms. The Morgan fingerprint density at radius 3 is 2.25 bits per heavy atom. The van der Waals surface area contributed by atoms with E-state index in [9.17, 15) is 18.0 Å². The summed E-state index contributed by atoms with van der Waals surface area (Å²) in [6, 6.07) is 13.9. The summed E-state index contributed by atoms with van der Waals surface area (Å²) >= 11 is 0. The molecule has 1 aromatic heterocycles. The van der Waals surface area contributed by atoms with Crippen LogP contribution in [0.5, 0.6) is 0 Å². The second kappa shape index (κ2) is 11.0. The van der Waals surface area contributed by atoms with Crippen molar-refractivity contribution in [1.29, 1.82) is 0 Å². The van der Waals surface area contributed by atoms with E-state index in [1.165, 1.54) is 5.56 Å². The number of alkyl halides is 3. The third kappa shape index (κ3) is 9.67. The van der Waals surface area contributed by atoms with Gasteiger partial charge >= 0.3 is 12.1 Å². The van der Waals surface area contributed by atoms with E-state index < -0.39 is 12.1 Å². The maximum Gasteiger partial charge on any atom is 0.490 e. The van der Waals surface area contributed by atoms with E-state index in [4.69, 9.17) is 9.90 Å². The van der Waals surface area contributed by atoms with Crippen LogP contribution in [0.4, 0.5) is 19.0 Å². The standard InChI is InChI=1S/C17H21N3O.C2HF3O2/c1-20(2)13-15-10-11-18-16(12-15)19-17(21)9-8-14-6-4-3-5-7-14;3-2(4,5)1(6)7/h3-7,10-12H,8-9,13H2,1-2H3,(H,18,19,21);(H,6,7). The monoisotopic (exact) mass is 397 g/mol. The normalized spacial score (nSPS) is 10.8. The predicted molar refractivity (Wildman–Crippen MR) is 98.7 cm³/mol. The summed E-state index contributed by atoms with van der Waals surface area (Å²) in [5.41, 5.74) is 2.30. The van der Waals surface area contributed by atoms with E-state index >= 15 is 0 Å². The molecule has 2 rings (SSSR count). The molecule has 0 aliphatic rings. The first-order valence-electron chi connectivity index (χ1n) is 8.31. The van der Waals surface area contributed by atoms with Gasteiger partial charge in [0.15, 0.2) is 0 Å². The maximum atomic E-state index is 12.0. The average Bonchev–Trinajstić information content (AvgIpc) is 2.60. The van der Waals surface area contributed by atoms with Crippen molar-refractivity contribution in [2.24, 2.45) is 0 Å². The van der Waals surface area contributed by atoms with E-state index in [0.717, 1.165) is 18.5 Å². The highest BCUT2D eigenvalue weighted by Gasteiger charge is 2.38. The summed E-state index contributed by atoms with van der Waals surface area (Å²) in [6.07, 6.45) is -2.15. The summed E-state index contributed by atoms with van der Waals surface area (Å²) in [5, 5.41) is 9.98. The zero-order valence-electron chi connectivity index (χ0n) is 15.5. The number of benzene rings is 1. The first-order chi connectivity index (χ1) is 13.1. The molecule has 1 amide bonds. The number of carboxylic acid groups (broad SMARTS) is 1. The SMILES string of the molecule is CN(C)Cc1ccnc(NC(=O)CCc2ccccc2)c1.O=C(O)C(F)(F)F. The first-order valence-corrected chi connectivity index (χ1v) is 8.31. The second-order valence-corrected chi connectivity index (χ2v) is 6.12. The minimum Gasteiger partial charge on any atom is -0.475 e. The van der Waals surface area contributed by atoms with Gasteiger partial charge in [-0.05, 0) is 43.8 Å². The number of aliphatic carboxylic acids is 1. The fourth-order valence-electron chi connectivity index (χ4n) is 2.11. The molecule has 6 nitrogen and oxygen atoms in total. The van der Waals surface area contributed by atoms with Gasteiger partial charge in [0.25, 0.3) is 0 Å². The van der Waals surface area contributed by atoms with Crippen molar-refractivity contribution < 1.29 is 27.9 Å². The van der Waals surface area contributed by atoms with Crippen LogP contribution in [0.3, 0.4) is 0 Å². The Morgan fingerprint density at radius 1 is 1.11 bits per heavy atom. The molecule has 0 aliphatic heterocycles. The third-order valence-electron chi connectivity index (χ3n) is 3.32. The zero-order valence-corrected chi connectivity index (χ0v) is 15.5. The maximum absolute atomic E-state index is 12.0. The lowest BCUT2D eigenvalue weighted by atomic mass is 10.1. The van der Waals surface area contributed by atoms with Crippen molar-refractivity contribution in [3.63, 3.8) is 0 Å². The molecular weight excluding hydrogens is 375 g/mol.